The van der Waals surface area contributed by atoms with Crippen LogP contribution in [-0.2, 0) is 14.8 Å². The number of hydrogen-bond acceptors (Lipinski definition) is 4. The van der Waals surface area contributed by atoms with Crippen molar-refractivity contribution in [2.75, 3.05) is 18.4 Å². The zero-order valence-electron chi connectivity index (χ0n) is 18.6. The second kappa shape index (κ2) is 10.3. The maximum absolute atomic E-state index is 12.9. The number of anilines is 1. The van der Waals surface area contributed by atoms with Gasteiger partial charge in [0.25, 0.3) is 5.91 Å². The van der Waals surface area contributed by atoms with Gasteiger partial charge in [-0.25, -0.2) is 8.42 Å². The SMILES string of the molecule is CC[C@H](Oc1cc(C)ccc1C)C(=O)Nc1ccc(S(=O)(=O)N2CCCCCC2)cc1. The fourth-order valence-corrected chi connectivity index (χ4v) is 5.19. The molecule has 1 heterocycles. The van der Waals surface area contributed by atoms with Crippen molar-refractivity contribution in [2.45, 2.75) is 63.9 Å². The molecule has 31 heavy (non-hydrogen) atoms. The van der Waals surface area contributed by atoms with Crippen molar-refractivity contribution >= 4 is 21.6 Å². The van der Waals surface area contributed by atoms with Crippen molar-refractivity contribution in [1.82, 2.24) is 4.31 Å². The molecule has 0 aliphatic carbocycles. The van der Waals surface area contributed by atoms with Crippen molar-refractivity contribution in [1.29, 1.82) is 0 Å². The summed E-state index contributed by atoms with van der Waals surface area (Å²) in [5.41, 5.74) is 2.58. The smallest absolute Gasteiger partial charge is 0.265 e. The number of nitrogens with one attached hydrogen (secondary N) is 1. The molecule has 2 aromatic rings. The maximum Gasteiger partial charge on any atom is 0.265 e. The Hall–Kier alpha value is -2.38. The van der Waals surface area contributed by atoms with Gasteiger partial charge in [0.15, 0.2) is 6.10 Å². The standard InChI is InChI=1S/C24H32N2O4S/c1-4-22(30-23-17-18(2)9-10-19(23)3)24(27)25-20-11-13-21(14-12-20)31(28,29)26-15-7-5-6-8-16-26/h9-14,17,22H,4-8,15-16H2,1-3H3,(H,25,27)/t22-/m0/s1. The fourth-order valence-electron chi connectivity index (χ4n) is 3.67. The summed E-state index contributed by atoms with van der Waals surface area (Å²) in [6.07, 6.45) is 3.80. The lowest BCUT2D eigenvalue weighted by Gasteiger charge is -2.20. The van der Waals surface area contributed by atoms with Crippen LogP contribution in [0.4, 0.5) is 5.69 Å². The van der Waals surface area contributed by atoms with Crippen LogP contribution in [0.1, 0.15) is 50.2 Å². The van der Waals surface area contributed by atoms with Crippen LogP contribution >= 0.6 is 0 Å². The Morgan fingerprint density at radius 1 is 1.03 bits per heavy atom. The van der Waals surface area contributed by atoms with Crippen LogP contribution in [-0.4, -0.2) is 37.8 Å². The molecule has 1 amide bonds. The van der Waals surface area contributed by atoms with Gasteiger partial charge in [-0.15, -0.1) is 0 Å². The zero-order chi connectivity index (χ0) is 22.4. The highest BCUT2D eigenvalue weighted by Crippen LogP contribution is 2.24. The summed E-state index contributed by atoms with van der Waals surface area (Å²) in [6.45, 7) is 6.95. The fraction of sp³-hybridized carbons (Fsp3) is 0.458. The summed E-state index contributed by atoms with van der Waals surface area (Å²) in [4.78, 5) is 13.0. The molecule has 1 aliphatic rings. The predicted molar refractivity (Wildman–Crippen MR) is 123 cm³/mol. The largest absolute Gasteiger partial charge is 0.480 e. The number of ether oxygens (including phenoxy) is 1. The van der Waals surface area contributed by atoms with Gasteiger partial charge in [-0.3, -0.25) is 4.79 Å². The molecular weight excluding hydrogens is 412 g/mol. The number of benzene rings is 2. The highest BCUT2D eigenvalue weighted by molar-refractivity contribution is 7.89. The van der Waals surface area contributed by atoms with Crippen molar-refractivity contribution in [3.8, 4) is 5.75 Å². The van der Waals surface area contributed by atoms with Gasteiger partial charge in [0, 0.05) is 18.8 Å². The third-order valence-electron chi connectivity index (χ3n) is 5.60. The van der Waals surface area contributed by atoms with E-state index in [1.54, 1.807) is 28.6 Å². The first-order valence-corrected chi connectivity index (χ1v) is 12.4. The molecule has 1 aliphatic heterocycles. The molecule has 1 saturated heterocycles. The van der Waals surface area contributed by atoms with Crippen LogP contribution in [0, 0.1) is 13.8 Å². The van der Waals surface area contributed by atoms with Crippen LogP contribution in [0.25, 0.3) is 0 Å². The lowest BCUT2D eigenvalue weighted by atomic mass is 10.1. The number of carbonyl (C=O) groups excluding carboxylic acids is 1. The van der Waals surface area contributed by atoms with E-state index in [1.807, 2.05) is 39.0 Å². The van der Waals surface area contributed by atoms with Gasteiger partial charge >= 0.3 is 0 Å². The van der Waals surface area contributed by atoms with Crippen molar-refractivity contribution in [2.24, 2.45) is 0 Å². The Kier molecular flexibility index (Phi) is 7.73. The molecule has 0 bridgehead atoms. The lowest BCUT2D eigenvalue weighted by molar-refractivity contribution is -0.122. The van der Waals surface area contributed by atoms with E-state index >= 15 is 0 Å². The van der Waals surface area contributed by atoms with Gasteiger partial charge in [0.05, 0.1) is 4.90 Å². The Morgan fingerprint density at radius 3 is 2.29 bits per heavy atom. The first-order valence-electron chi connectivity index (χ1n) is 11.0. The molecule has 0 radical (unpaired) electrons. The van der Waals surface area contributed by atoms with Gasteiger partial charge in [-0.1, -0.05) is 31.9 Å². The summed E-state index contributed by atoms with van der Waals surface area (Å²) < 4.78 is 33.4. The summed E-state index contributed by atoms with van der Waals surface area (Å²) in [5.74, 6) is 0.437. The highest BCUT2D eigenvalue weighted by atomic mass is 32.2. The van der Waals surface area contributed by atoms with Gasteiger partial charge in [0.1, 0.15) is 5.75 Å². The summed E-state index contributed by atoms with van der Waals surface area (Å²) >= 11 is 0. The van der Waals surface area contributed by atoms with Crippen LogP contribution in [0.3, 0.4) is 0 Å². The van der Waals surface area contributed by atoms with Crippen LogP contribution in [0.15, 0.2) is 47.4 Å². The first kappa shape index (κ1) is 23.3. The second-order valence-corrected chi connectivity index (χ2v) is 10.1. The summed E-state index contributed by atoms with van der Waals surface area (Å²) in [5, 5.41) is 2.84. The van der Waals surface area contributed by atoms with Crippen LogP contribution < -0.4 is 10.1 Å². The van der Waals surface area contributed by atoms with Gasteiger partial charge < -0.3 is 10.1 Å². The van der Waals surface area contributed by atoms with E-state index in [2.05, 4.69) is 5.32 Å². The van der Waals surface area contributed by atoms with E-state index in [0.29, 0.717) is 30.9 Å². The number of rotatable bonds is 7. The van der Waals surface area contributed by atoms with Gasteiger partial charge in [0.2, 0.25) is 10.0 Å². The van der Waals surface area contributed by atoms with Crippen molar-refractivity contribution in [3.05, 3.63) is 53.6 Å². The molecule has 1 N–H and O–H groups in total. The van der Waals surface area contributed by atoms with Crippen LogP contribution in [0.2, 0.25) is 0 Å². The molecule has 0 spiro atoms. The Morgan fingerprint density at radius 2 is 1.68 bits per heavy atom. The quantitative estimate of drug-likeness (QED) is 0.674. The van der Waals surface area contributed by atoms with Gasteiger partial charge in [-0.2, -0.15) is 4.31 Å². The average molecular weight is 445 g/mol. The molecular formula is C24H32N2O4S. The number of hydrogen-bond donors (Lipinski definition) is 1. The first-order chi connectivity index (χ1) is 14.8. The predicted octanol–water partition coefficient (Wildman–Crippen LogP) is 4.66. The third kappa shape index (κ3) is 5.86. The molecule has 3 rings (SSSR count). The molecule has 0 unspecified atom stereocenters. The van der Waals surface area contributed by atoms with E-state index in [-0.39, 0.29) is 10.8 Å². The van der Waals surface area contributed by atoms with E-state index in [9.17, 15) is 13.2 Å². The Labute approximate surface area is 185 Å². The van der Waals surface area contributed by atoms with E-state index < -0.39 is 16.1 Å². The number of sulfonamides is 1. The minimum Gasteiger partial charge on any atom is -0.480 e. The van der Waals surface area contributed by atoms with E-state index in [0.717, 1.165) is 36.8 Å². The van der Waals surface area contributed by atoms with E-state index in [1.165, 1.54) is 0 Å². The highest BCUT2D eigenvalue weighted by Gasteiger charge is 2.25. The zero-order valence-corrected chi connectivity index (χ0v) is 19.4. The molecule has 2 aromatic carbocycles. The number of carbonyl (C=O) groups is 1. The number of nitrogens with zero attached hydrogens (tertiary/aromatic N) is 1. The normalized spacial score (nSPS) is 16.4. The lowest BCUT2D eigenvalue weighted by Crippen LogP contribution is -2.33. The minimum atomic E-state index is -3.51. The summed E-state index contributed by atoms with van der Waals surface area (Å²) in [6, 6.07) is 12.3. The van der Waals surface area contributed by atoms with Crippen molar-refractivity contribution in [3.63, 3.8) is 0 Å². The van der Waals surface area contributed by atoms with Crippen LogP contribution in [0.5, 0.6) is 5.75 Å². The molecule has 1 atom stereocenters. The molecule has 168 valence electrons. The number of aryl methyl sites for hydroxylation is 2. The molecule has 6 nitrogen and oxygen atoms in total. The third-order valence-corrected chi connectivity index (χ3v) is 7.51. The van der Waals surface area contributed by atoms with E-state index in [4.69, 9.17) is 4.74 Å². The monoisotopic (exact) mass is 444 g/mol. The molecule has 7 heteroatoms. The Balaban J connectivity index is 1.68. The van der Waals surface area contributed by atoms with Gasteiger partial charge in [-0.05, 0) is 74.6 Å². The topological polar surface area (TPSA) is 75.7 Å². The molecule has 0 aromatic heterocycles. The van der Waals surface area contributed by atoms with Crippen molar-refractivity contribution < 1.29 is 17.9 Å². The second-order valence-electron chi connectivity index (χ2n) is 8.12. The average Bonchev–Trinajstić information content (AvgIpc) is 3.05. The number of amides is 1. The molecule has 1 fully saturated rings. The summed E-state index contributed by atoms with van der Waals surface area (Å²) in [7, 11) is -3.51. The molecule has 0 saturated carbocycles. The Bertz CT molecular complexity index is 995. The maximum atomic E-state index is 12.9. The minimum absolute atomic E-state index is 0.256.